The van der Waals surface area contributed by atoms with Crippen LogP contribution in [0.2, 0.25) is 0 Å². The molecule has 2 rings (SSSR count). The Hall–Kier alpha value is -1.10. The fourth-order valence-corrected chi connectivity index (χ4v) is 2.40. The summed E-state index contributed by atoms with van der Waals surface area (Å²) in [5.41, 5.74) is 7.35. The zero-order valence-electron chi connectivity index (χ0n) is 10.9. The zero-order chi connectivity index (χ0) is 13.0. The lowest BCUT2D eigenvalue weighted by atomic mass is 10.1. The number of β-amino-alcohol motifs (C(OH)–C–C–N with tert-alkyl or cyclic N) is 1. The van der Waals surface area contributed by atoms with Crippen molar-refractivity contribution < 1.29 is 9.84 Å². The van der Waals surface area contributed by atoms with Crippen LogP contribution in [0.3, 0.4) is 0 Å². The summed E-state index contributed by atoms with van der Waals surface area (Å²) in [5.74, 6) is 0. The largest absolute Gasteiger partial charge is 0.398 e. The molecule has 1 aromatic rings. The van der Waals surface area contributed by atoms with E-state index in [1.54, 1.807) is 0 Å². The molecule has 1 aliphatic heterocycles. The third-order valence-electron chi connectivity index (χ3n) is 3.32. The molecule has 4 heteroatoms. The van der Waals surface area contributed by atoms with Crippen LogP contribution in [0.5, 0.6) is 0 Å². The Kier molecular flexibility index (Phi) is 4.58. The number of nitrogens with zero attached hydrogens (tertiary/aromatic N) is 1. The van der Waals surface area contributed by atoms with E-state index in [1.165, 1.54) is 0 Å². The van der Waals surface area contributed by atoms with E-state index in [-0.39, 0.29) is 6.10 Å². The molecule has 1 heterocycles. The van der Waals surface area contributed by atoms with Crippen LogP contribution in [0.15, 0.2) is 24.3 Å². The topological polar surface area (TPSA) is 58.7 Å². The second-order valence-electron chi connectivity index (χ2n) is 4.94. The Labute approximate surface area is 108 Å². The van der Waals surface area contributed by atoms with Gasteiger partial charge in [0.15, 0.2) is 0 Å². The Morgan fingerprint density at radius 1 is 1.50 bits per heavy atom. The molecule has 2 atom stereocenters. The molecule has 1 aliphatic rings. The first kappa shape index (κ1) is 13.3. The Balaban J connectivity index is 1.98. The van der Waals surface area contributed by atoms with Gasteiger partial charge in [0.1, 0.15) is 0 Å². The number of nitrogen functional groups attached to an aromatic ring is 1. The van der Waals surface area contributed by atoms with E-state index in [2.05, 4.69) is 11.8 Å². The summed E-state index contributed by atoms with van der Waals surface area (Å²) in [4.78, 5) is 2.24. The number of nitrogens with two attached hydrogens (primary N) is 1. The highest BCUT2D eigenvalue weighted by Crippen LogP contribution is 2.21. The lowest BCUT2D eigenvalue weighted by Crippen LogP contribution is -2.34. The van der Waals surface area contributed by atoms with Gasteiger partial charge in [0, 0.05) is 37.5 Å². The van der Waals surface area contributed by atoms with E-state index in [9.17, 15) is 5.11 Å². The molecule has 0 radical (unpaired) electrons. The quantitative estimate of drug-likeness (QED) is 0.796. The number of hydrogen-bond donors (Lipinski definition) is 2. The molecular formula is C14H22N2O2. The number of aliphatic hydroxyl groups excluding tert-OH is 1. The lowest BCUT2D eigenvalue weighted by molar-refractivity contribution is 0.0563. The van der Waals surface area contributed by atoms with Crippen molar-refractivity contribution in [2.45, 2.75) is 25.6 Å². The van der Waals surface area contributed by atoms with Gasteiger partial charge >= 0.3 is 0 Å². The summed E-state index contributed by atoms with van der Waals surface area (Å²) < 4.78 is 5.60. The van der Waals surface area contributed by atoms with E-state index in [4.69, 9.17) is 10.5 Å². The highest BCUT2D eigenvalue weighted by atomic mass is 16.5. The van der Waals surface area contributed by atoms with Crippen LogP contribution in [0.4, 0.5) is 5.69 Å². The van der Waals surface area contributed by atoms with E-state index < -0.39 is 6.10 Å². The number of ether oxygens (including phenoxy) is 1. The highest BCUT2D eigenvalue weighted by molar-refractivity contribution is 5.47. The van der Waals surface area contributed by atoms with Gasteiger partial charge in [-0.15, -0.1) is 0 Å². The van der Waals surface area contributed by atoms with Gasteiger partial charge in [-0.1, -0.05) is 18.2 Å². The lowest BCUT2D eigenvalue weighted by Gasteiger charge is -2.25. The molecule has 0 amide bonds. The van der Waals surface area contributed by atoms with Crippen molar-refractivity contribution in [3.05, 3.63) is 29.8 Å². The Morgan fingerprint density at radius 2 is 2.28 bits per heavy atom. The van der Waals surface area contributed by atoms with Gasteiger partial charge in [-0.3, -0.25) is 4.90 Å². The van der Waals surface area contributed by atoms with E-state index in [1.807, 2.05) is 24.3 Å². The predicted octanol–water partition coefficient (Wildman–Crippen LogP) is 1.41. The Bertz CT molecular complexity index is 384. The molecule has 1 saturated heterocycles. The summed E-state index contributed by atoms with van der Waals surface area (Å²) in [6, 6.07) is 7.50. The number of anilines is 1. The molecular weight excluding hydrogens is 228 g/mol. The van der Waals surface area contributed by atoms with Crippen LogP contribution >= 0.6 is 0 Å². The molecule has 2 unspecified atom stereocenters. The molecule has 3 N–H and O–H groups in total. The van der Waals surface area contributed by atoms with Gasteiger partial charge in [0.05, 0.1) is 12.2 Å². The SMILES string of the molecule is CC1CN(CC(O)c2ccccc2N)CCCO1. The molecule has 100 valence electrons. The van der Waals surface area contributed by atoms with Gasteiger partial charge in [0.2, 0.25) is 0 Å². The minimum atomic E-state index is -0.531. The zero-order valence-corrected chi connectivity index (χ0v) is 10.9. The maximum atomic E-state index is 10.3. The highest BCUT2D eigenvalue weighted by Gasteiger charge is 2.19. The van der Waals surface area contributed by atoms with Crippen molar-refractivity contribution in [2.75, 3.05) is 32.0 Å². The van der Waals surface area contributed by atoms with E-state index in [0.717, 1.165) is 31.7 Å². The molecule has 1 fully saturated rings. The van der Waals surface area contributed by atoms with E-state index >= 15 is 0 Å². The summed E-state index contributed by atoms with van der Waals surface area (Å²) >= 11 is 0. The molecule has 0 aromatic heterocycles. The summed E-state index contributed by atoms with van der Waals surface area (Å²) in [7, 11) is 0. The maximum absolute atomic E-state index is 10.3. The monoisotopic (exact) mass is 250 g/mol. The van der Waals surface area contributed by atoms with Crippen molar-refractivity contribution in [1.82, 2.24) is 4.90 Å². The second kappa shape index (κ2) is 6.18. The van der Waals surface area contributed by atoms with Crippen LogP contribution < -0.4 is 5.73 Å². The first-order valence-corrected chi connectivity index (χ1v) is 6.53. The predicted molar refractivity (Wildman–Crippen MR) is 72.3 cm³/mol. The van der Waals surface area contributed by atoms with Crippen LogP contribution in [0, 0.1) is 0 Å². The van der Waals surface area contributed by atoms with Crippen molar-refractivity contribution in [1.29, 1.82) is 0 Å². The second-order valence-corrected chi connectivity index (χ2v) is 4.94. The van der Waals surface area contributed by atoms with Crippen molar-refractivity contribution in [3.63, 3.8) is 0 Å². The van der Waals surface area contributed by atoms with Gasteiger partial charge in [-0.05, 0) is 19.4 Å². The van der Waals surface area contributed by atoms with Crippen molar-refractivity contribution >= 4 is 5.69 Å². The minimum Gasteiger partial charge on any atom is -0.398 e. The van der Waals surface area contributed by atoms with Gasteiger partial charge in [-0.25, -0.2) is 0 Å². The third kappa shape index (κ3) is 3.45. The number of hydrogen-bond acceptors (Lipinski definition) is 4. The maximum Gasteiger partial charge on any atom is 0.0936 e. The third-order valence-corrected chi connectivity index (χ3v) is 3.32. The molecule has 0 saturated carbocycles. The summed E-state index contributed by atoms with van der Waals surface area (Å²) in [6.07, 6.45) is 0.714. The molecule has 4 nitrogen and oxygen atoms in total. The van der Waals surface area contributed by atoms with Crippen LogP contribution in [0.1, 0.15) is 25.0 Å². The molecule has 0 spiro atoms. The molecule has 1 aromatic carbocycles. The van der Waals surface area contributed by atoms with Gasteiger partial charge in [-0.2, -0.15) is 0 Å². The van der Waals surface area contributed by atoms with Crippen LogP contribution in [0.25, 0.3) is 0 Å². The van der Waals surface area contributed by atoms with Crippen molar-refractivity contribution in [3.8, 4) is 0 Å². The van der Waals surface area contributed by atoms with Gasteiger partial charge < -0.3 is 15.6 Å². The summed E-state index contributed by atoms with van der Waals surface area (Å²) in [6.45, 7) is 5.32. The Morgan fingerprint density at radius 3 is 3.06 bits per heavy atom. The fourth-order valence-electron chi connectivity index (χ4n) is 2.40. The normalized spacial score (nSPS) is 23.6. The van der Waals surface area contributed by atoms with E-state index in [0.29, 0.717) is 12.2 Å². The number of aliphatic hydroxyl groups is 1. The first-order valence-electron chi connectivity index (χ1n) is 6.53. The molecule has 0 aliphatic carbocycles. The minimum absolute atomic E-state index is 0.229. The first-order chi connectivity index (χ1) is 8.66. The number of para-hydroxylation sites is 1. The fraction of sp³-hybridized carbons (Fsp3) is 0.571. The molecule has 0 bridgehead atoms. The number of benzene rings is 1. The average Bonchev–Trinajstić information content (AvgIpc) is 2.54. The summed E-state index contributed by atoms with van der Waals surface area (Å²) in [5, 5.41) is 10.3. The van der Waals surface area contributed by atoms with Crippen molar-refractivity contribution in [2.24, 2.45) is 0 Å². The van der Waals surface area contributed by atoms with Crippen LogP contribution in [-0.4, -0.2) is 42.4 Å². The smallest absolute Gasteiger partial charge is 0.0936 e. The average molecular weight is 250 g/mol. The number of rotatable bonds is 3. The molecule has 18 heavy (non-hydrogen) atoms. The van der Waals surface area contributed by atoms with Gasteiger partial charge in [0.25, 0.3) is 0 Å². The van der Waals surface area contributed by atoms with Crippen LogP contribution in [-0.2, 0) is 4.74 Å². The standard InChI is InChI=1S/C14H22N2O2/c1-11-9-16(7-4-8-18-11)10-14(17)12-5-2-3-6-13(12)15/h2-3,5-6,11,14,17H,4,7-10,15H2,1H3.